The average molecular weight is 284 g/mol. The number of hydrogen-bond acceptors (Lipinski definition) is 5. The summed E-state index contributed by atoms with van der Waals surface area (Å²) >= 11 is 0. The standard InChI is InChI=1S/C12H20N4O2S/c1-9-3-2-4-10(9)8-15-19(17,18)11-5-6-14-12(7-11)16-13/h5-7,9-10,15H,2-4,8,13H2,1H3,(H,14,16). The first-order chi connectivity index (χ1) is 9.03. The van der Waals surface area contributed by atoms with Gasteiger partial charge in [-0.05, 0) is 24.3 Å². The number of hydrogen-bond donors (Lipinski definition) is 3. The van der Waals surface area contributed by atoms with Crippen molar-refractivity contribution in [1.29, 1.82) is 0 Å². The number of nitrogens with zero attached hydrogens (tertiary/aromatic N) is 1. The molecule has 0 spiro atoms. The Morgan fingerprint density at radius 2 is 2.26 bits per heavy atom. The van der Waals surface area contributed by atoms with E-state index in [9.17, 15) is 8.42 Å². The van der Waals surface area contributed by atoms with Gasteiger partial charge >= 0.3 is 0 Å². The summed E-state index contributed by atoms with van der Waals surface area (Å²) in [6.07, 6.45) is 4.88. The van der Waals surface area contributed by atoms with E-state index in [2.05, 4.69) is 22.1 Å². The van der Waals surface area contributed by atoms with Gasteiger partial charge in [0.1, 0.15) is 5.82 Å². The lowest BCUT2D eigenvalue weighted by molar-refractivity contribution is 0.414. The second-order valence-corrected chi connectivity index (χ2v) is 6.81. The molecule has 1 aliphatic carbocycles. The molecule has 2 atom stereocenters. The lowest BCUT2D eigenvalue weighted by atomic mass is 9.99. The molecule has 19 heavy (non-hydrogen) atoms. The van der Waals surface area contributed by atoms with Crippen LogP contribution in [0.2, 0.25) is 0 Å². The molecule has 1 aromatic rings. The Bertz CT molecular complexity index is 532. The van der Waals surface area contributed by atoms with E-state index in [0.29, 0.717) is 24.2 Å². The van der Waals surface area contributed by atoms with Crippen molar-refractivity contribution >= 4 is 15.8 Å². The molecule has 1 fully saturated rings. The number of nitrogens with one attached hydrogen (secondary N) is 2. The number of pyridine rings is 1. The third kappa shape index (κ3) is 3.43. The van der Waals surface area contributed by atoms with Crippen LogP contribution in [0.25, 0.3) is 0 Å². The zero-order chi connectivity index (χ0) is 13.9. The minimum absolute atomic E-state index is 0.182. The van der Waals surface area contributed by atoms with Gasteiger partial charge in [-0.1, -0.05) is 19.8 Å². The van der Waals surface area contributed by atoms with E-state index >= 15 is 0 Å². The Kier molecular flexibility index (Phi) is 4.38. The van der Waals surface area contributed by atoms with Crippen LogP contribution in [-0.2, 0) is 10.0 Å². The smallest absolute Gasteiger partial charge is 0.240 e. The van der Waals surface area contributed by atoms with Gasteiger partial charge in [0.05, 0.1) is 4.90 Å². The van der Waals surface area contributed by atoms with Gasteiger partial charge in [0, 0.05) is 18.8 Å². The molecule has 0 bridgehead atoms. The largest absolute Gasteiger partial charge is 0.308 e. The number of sulfonamides is 1. The minimum Gasteiger partial charge on any atom is -0.308 e. The van der Waals surface area contributed by atoms with Crippen LogP contribution in [0.4, 0.5) is 5.82 Å². The lowest BCUT2D eigenvalue weighted by Gasteiger charge is -2.16. The first-order valence-electron chi connectivity index (χ1n) is 6.45. The van der Waals surface area contributed by atoms with Crippen molar-refractivity contribution in [2.24, 2.45) is 17.7 Å². The fourth-order valence-electron chi connectivity index (χ4n) is 2.48. The second kappa shape index (κ2) is 5.85. The van der Waals surface area contributed by atoms with E-state index in [1.54, 1.807) is 0 Å². The van der Waals surface area contributed by atoms with Crippen LogP contribution in [0, 0.1) is 11.8 Å². The third-order valence-corrected chi connectivity index (χ3v) is 5.19. The van der Waals surface area contributed by atoms with Crippen LogP contribution in [0.5, 0.6) is 0 Å². The van der Waals surface area contributed by atoms with Crippen molar-refractivity contribution in [3.8, 4) is 0 Å². The number of aromatic nitrogens is 1. The van der Waals surface area contributed by atoms with E-state index in [1.165, 1.54) is 31.2 Å². The zero-order valence-electron chi connectivity index (χ0n) is 11.0. The topological polar surface area (TPSA) is 97.1 Å². The molecule has 0 radical (unpaired) electrons. The van der Waals surface area contributed by atoms with Crippen LogP contribution >= 0.6 is 0 Å². The molecule has 106 valence electrons. The maximum atomic E-state index is 12.2. The first-order valence-corrected chi connectivity index (χ1v) is 7.93. The van der Waals surface area contributed by atoms with Crippen molar-refractivity contribution in [3.63, 3.8) is 0 Å². The summed E-state index contributed by atoms with van der Waals surface area (Å²) in [5.74, 6) is 6.58. The molecule has 1 aromatic heterocycles. The highest BCUT2D eigenvalue weighted by molar-refractivity contribution is 7.89. The summed E-state index contributed by atoms with van der Waals surface area (Å²) in [4.78, 5) is 4.07. The molecule has 0 amide bonds. The summed E-state index contributed by atoms with van der Waals surface area (Å²) in [6, 6.07) is 2.88. The lowest BCUT2D eigenvalue weighted by Crippen LogP contribution is -2.30. The molecule has 2 rings (SSSR count). The van der Waals surface area contributed by atoms with Gasteiger partial charge in [-0.3, -0.25) is 0 Å². The van der Waals surface area contributed by atoms with Crippen molar-refractivity contribution in [1.82, 2.24) is 9.71 Å². The Morgan fingerprint density at radius 3 is 2.89 bits per heavy atom. The highest BCUT2D eigenvalue weighted by atomic mass is 32.2. The van der Waals surface area contributed by atoms with Crippen LogP contribution in [0.3, 0.4) is 0 Å². The summed E-state index contributed by atoms with van der Waals surface area (Å²) in [5.41, 5.74) is 2.34. The molecule has 4 N–H and O–H groups in total. The molecule has 6 nitrogen and oxygen atoms in total. The molecule has 1 heterocycles. The average Bonchev–Trinajstić information content (AvgIpc) is 2.82. The van der Waals surface area contributed by atoms with E-state index in [4.69, 9.17) is 5.84 Å². The monoisotopic (exact) mass is 284 g/mol. The maximum Gasteiger partial charge on any atom is 0.240 e. The van der Waals surface area contributed by atoms with Gasteiger partial charge in [0.2, 0.25) is 10.0 Å². The minimum atomic E-state index is -3.49. The van der Waals surface area contributed by atoms with Gasteiger partial charge in [-0.15, -0.1) is 0 Å². The highest BCUT2D eigenvalue weighted by Crippen LogP contribution is 2.30. The molecule has 0 aromatic carbocycles. The maximum absolute atomic E-state index is 12.2. The van der Waals surface area contributed by atoms with E-state index in [0.717, 1.165) is 6.42 Å². The fraction of sp³-hybridized carbons (Fsp3) is 0.583. The second-order valence-electron chi connectivity index (χ2n) is 5.04. The summed E-state index contributed by atoms with van der Waals surface area (Å²) in [5, 5.41) is 0. The molecule has 1 aliphatic rings. The number of nitrogen functional groups attached to an aromatic ring is 1. The Morgan fingerprint density at radius 1 is 1.47 bits per heavy atom. The summed E-state index contributed by atoms with van der Waals surface area (Å²) in [6.45, 7) is 2.67. The first kappa shape index (κ1) is 14.2. The van der Waals surface area contributed by atoms with E-state index in [1.807, 2.05) is 0 Å². The normalized spacial score (nSPS) is 23.5. The molecule has 7 heteroatoms. The van der Waals surface area contributed by atoms with Crippen LogP contribution in [0.1, 0.15) is 26.2 Å². The fourth-order valence-corrected chi connectivity index (χ4v) is 3.59. The van der Waals surface area contributed by atoms with Crippen LogP contribution < -0.4 is 16.0 Å². The quantitative estimate of drug-likeness (QED) is 0.555. The highest BCUT2D eigenvalue weighted by Gasteiger charge is 2.25. The van der Waals surface area contributed by atoms with Crippen LogP contribution in [-0.4, -0.2) is 19.9 Å². The van der Waals surface area contributed by atoms with Crippen molar-refractivity contribution in [2.45, 2.75) is 31.1 Å². The number of anilines is 1. The van der Waals surface area contributed by atoms with Gasteiger partial charge in [-0.2, -0.15) is 0 Å². The Hall–Kier alpha value is -1.18. The zero-order valence-corrected chi connectivity index (χ0v) is 11.8. The molecule has 0 aliphatic heterocycles. The molecular formula is C12H20N4O2S. The molecule has 0 saturated heterocycles. The van der Waals surface area contributed by atoms with Gasteiger partial charge in [0.25, 0.3) is 0 Å². The predicted octanol–water partition coefficient (Wildman–Crippen LogP) is 1.08. The number of hydrazine groups is 1. The van der Waals surface area contributed by atoms with Crippen molar-refractivity contribution < 1.29 is 8.42 Å². The Balaban J connectivity index is 2.05. The van der Waals surface area contributed by atoms with Crippen molar-refractivity contribution in [3.05, 3.63) is 18.3 Å². The van der Waals surface area contributed by atoms with Crippen LogP contribution in [0.15, 0.2) is 23.2 Å². The molecule has 1 saturated carbocycles. The van der Waals surface area contributed by atoms with Gasteiger partial charge in [0.15, 0.2) is 0 Å². The summed E-state index contributed by atoms with van der Waals surface area (Å²) in [7, 11) is -3.49. The predicted molar refractivity (Wildman–Crippen MR) is 73.7 cm³/mol. The number of rotatable bonds is 5. The molecule has 2 unspecified atom stereocenters. The SMILES string of the molecule is CC1CCCC1CNS(=O)(=O)c1ccnc(NN)c1. The third-order valence-electron chi connectivity index (χ3n) is 3.76. The van der Waals surface area contributed by atoms with Gasteiger partial charge in [-0.25, -0.2) is 24.0 Å². The van der Waals surface area contributed by atoms with E-state index in [-0.39, 0.29) is 4.90 Å². The van der Waals surface area contributed by atoms with E-state index < -0.39 is 10.0 Å². The Labute approximate surface area is 113 Å². The number of nitrogens with two attached hydrogens (primary N) is 1. The van der Waals surface area contributed by atoms with Crippen molar-refractivity contribution in [2.75, 3.05) is 12.0 Å². The van der Waals surface area contributed by atoms with Gasteiger partial charge < -0.3 is 5.43 Å². The molecular weight excluding hydrogens is 264 g/mol. The summed E-state index contributed by atoms with van der Waals surface area (Å²) < 4.78 is 27.0.